The van der Waals surface area contributed by atoms with Gasteiger partial charge in [0.15, 0.2) is 0 Å². The smallest absolute Gasteiger partial charge is 0.623 e. The van der Waals surface area contributed by atoms with E-state index in [1.165, 1.54) is 6.08 Å². The summed E-state index contributed by atoms with van der Waals surface area (Å²) in [6.45, 7) is 5.35. The Morgan fingerprint density at radius 2 is 2.22 bits per heavy atom. The molecule has 0 aromatic rings. The third kappa shape index (κ3) is 1.76. The molecule has 0 unspecified atom stereocenters. The van der Waals surface area contributed by atoms with Gasteiger partial charge in [0.2, 0.25) is 0 Å². The van der Waals surface area contributed by atoms with E-state index in [0.29, 0.717) is 5.70 Å². The van der Waals surface area contributed by atoms with E-state index in [2.05, 4.69) is 11.9 Å². The minimum Gasteiger partial charge on any atom is -0.623 e. The number of hydrogen-bond donors (Lipinski definition) is 0. The number of allylic oxidation sites excluding steroid dienone is 1. The topological polar surface area (TPSA) is 31.2 Å². The second-order valence-corrected chi connectivity index (χ2v) is 1.72. The van der Waals surface area contributed by atoms with Crippen LogP contribution in [0.25, 0.3) is 5.32 Å². The normalized spacial score (nSPS) is 16.3. The van der Waals surface area contributed by atoms with Gasteiger partial charge in [0.1, 0.15) is 0 Å². The predicted octanol–water partition coefficient (Wildman–Crippen LogP) is 1.36. The molecule has 3 heteroatoms. The maximum Gasteiger partial charge on any atom is 1.00 e. The minimum absolute atomic E-state index is 0. The van der Waals surface area contributed by atoms with E-state index in [-0.39, 0.29) is 25.4 Å². The Hall–Kier alpha value is -0.427. The molecule has 49 valence electrons. The summed E-state index contributed by atoms with van der Waals surface area (Å²) in [5.41, 5.74) is 1.46. The molecule has 1 amide bonds. The standard InChI is InChI=1S/C6H7NO.Ru/c1-4-3-6(8)7-5(4)2;/h3H,2H2,1H3,(H,7,8);/q;+1/p-1. The van der Waals surface area contributed by atoms with Crippen molar-refractivity contribution in [2.75, 3.05) is 0 Å². The molecule has 0 fully saturated rings. The van der Waals surface area contributed by atoms with Crippen molar-refractivity contribution in [3.63, 3.8) is 0 Å². The van der Waals surface area contributed by atoms with Crippen LogP contribution in [0.4, 0.5) is 0 Å². The second-order valence-electron chi connectivity index (χ2n) is 1.72. The van der Waals surface area contributed by atoms with Crippen LogP contribution in [0.3, 0.4) is 0 Å². The summed E-state index contributed by atoms with van der Waals surface area (Å²) in [6, 6.07) is 0. The zero-order chi connectivity index (χ0) is 6.15. The second kappa shape index (κ2) is 2.93. The van der Waals surface area contributed by atoms with Crippen molar-refractivity contribution < 1.29 is 24.3 Å². The fourth-order valence-electron chi connectivity index (χ4n) is 0.522. The Labute approximate surface area is 66.8 Å². The summed E-state index contributed by atoms with van der Waals surface area (Å²) >= 11 is 0. The third-order valence-electron chi connectivity index (χ3n) is 1.04. The molecule has 1 radical (unpaired) electrons. The Bertz CT molecular complexity index is 183. The van der Waals surface area contributed by atoms with Gasteiger partial charge in [-0.25, -0.2) is 0 Å². The molecule has 0 aromatic heterocycles. The fraction of sp³-hybridized carbons (Fsp3) is 0.167. The molecular formula is C6H6NORu. The summed E-state index contributed by atoms with van der Waals surface area (Å²) in [4.78, 5) is 10.4. The van der Waals surface area contributed by atoms with E-state index in [0.717, 1.165) is 5.57 Å². The van der Waals surface area contributed by atoms with Crippen LogP contribution in [0.1, 0.15) is 6.92 Å². The number of carbonyl (C=O) groups excluding carboxylic acids is 1. The van der Waals surface area contributed by atoms with Gasteiger partial charge in [-0.05, 0) is 13.0 Å². The van der Waals surface area contributed by atoms with Crippen LogP contribution in [0.5, 0.6) is 0 Å². The maximum atomic E-state index is 10.4. The van der Waals surface area contributed by atoms with Crippen molar-refractivity contribution in [2.24, 2.45) is 0 Å². The average Bonchev–Trinajstić information content (AvgIpc) is 1.85. The molecule has 0 saturated carbocycles. The van der Waals surface area contributed by atoms with E-state index >= 15 is 0 Å². The minimum atomic E-state index is -0.187. The number of carbonyl (C=O) groups is 1. The molecule has 1 aliphatic rings. The molecule has 0 bridgehead atoms. The first kappa shape index (κ1) is 8.57. The number of amides is 1. The molecule has 9 heavy (non-hydrogen) atoms. The van der Waals surface area contributed by atoms with Gasteiger partial charge in [0.25, 0.3) is 0 Å². The molecular weight excluding hydrogens is 203 g/mol. The summed E-state index contributed by atoms with van der Waals surface area (Å²) in [6.07, 6.45) is 1.47. The monoisotopic (exact) mass is 210 g/mol. The summed E-state index contributed by atoms with van der Waals surface area (Å²) in [5.74, 6) is -0.187. The van der Waals surface area contributed by atoms with Crippen molar-refractivity contribution in [2.45, 2.75) is 6.92 Å². The van der Waals surface area contributed by atoms with Gasteiger partial charge >= 0.3 is 19.5 Å². The van der Waals surface area contributed by atoms with Crippen LogP contribution in [-0.2, 0) is 24.3 Å². The Kier molecular flexibility index (Phi) is 2.79. The molecule has 2 nitrogen and oxygen atoms in total. The summed E-state index contributed by atoms with van der Waals surface area (Å²) < 4.78 is 0. The number of hydrogen-bond acceptors (Lipinski definition) is 1. The Balaban J connectivity index is 0.000000640. The molecule has 0 saturated heterocycles. The van der Waals surface area contributed by atoms with Gasteiger partial charge in [-0.1, -0.05) is 5.57 Å². The zero-order valence-electron chi connectivity index (χ0n) is 4.99. The van der Waals surface area contributed by atoms with Gasteiger partial charge < -0.3 is 10.1 Å². The fourth-order valence-corrected chi connectivity index (χ4v) is 0.522. The van der Waals surface area contributed by atoms with Crippen molar-refractivity contribution >= 4 is 5.91 Å². The number of nitrogens with zero attached hydrogens (tertiary/aromatic N) is 1. The zero-order valence-corrected chi connectivity index (χ0v) is 6.73. The quantitative estimate of drug-likeness (QED) is 0.554. The van der Waals surface area contributed by atoms with Crippen molar-refractivity contribution in [1.82, 2.24) is 0 Å². The SMILES string of the molecule is C=C1[N-]C(=O)C=C1C.[Ru+]. The number of rotatable bonds is 0. The largest absolute Gasteiger partial charge is 1.00 e. The molecule has 0 aromatic carbocycles. The Morgan fingerprint density at radius 1 is 1.67 bits per heavy atom. The molecule has 0 N–H and O–H groups in total. The molecule has 1 aliphatic heterocycles. The first-order chi connectivity index (χ1) is 3.70. The summed E-state index contributed by atoms with van der Waals surface area (Å²) in [7, 11) is 0. The van der Waals surface area contributed by atoms with Crippen molar-refractivity contribution in [1.29, 1.82) is 0 Å². The van der Waals surface area contributed by atoms with E-state index in [1.54, 1.807) is 0 Å². The van der Waals surface area contributed by atoms with Gasteiger partial charge in [0, 0.05) is 0 Å². The van der Waals surface area contributed by atoms with Crippen LogP contribution in [0.2, 0.25) is 0 Å². The van der Waals surface area contributed by atoms with E-state index in [9.17, 15) is 4.79 Å². The van der Waals surface area contributed by atoms with Crippen LogP contribution >= 0.6 is 0 Å². The van der Waals surface area contributed by atoms with Gasteiger partial charge in [-0.2, -0.15) is 0 Å². The third-order valence-corrected chi connectivity index (χ3v) is 1.04. The van der Waals surface area contributed by atoms with Gasteiger partial charge in [0.05, 0.1) is 5.91 Å². The maximum absolute atomic E-state index is 10.4. The van der Waals surface area contributed by atoms with Gasteiger partial charge in [-0.3, -0.25) is 0 Å². The van der Waals surface area contributed by atoms with Crippen molar-refractivity contribution in [3.05, 3.63) is 29.2 Å². The average molecular weight is 209 g/mol. The molecule has 0 aliphatic carbocycles. The molecule has 1 rings (SSSR count). The first-order valence-corrected chi connectivity index (χ1v) is 2.33. The molecule has 1 heterocycles. The predicted molar refractivity (Wildman–Crippen MR) is 31.3 cm³/mol. The molecule has 0 atom stereocenters. The van der Waals surface area contributed by atoms with E-state index < -0.39 is 0 Å². The van der Waals surface area contributed by atoms with E-state index in [4.69, 9.17) is 0 Å². The van der Waals surface area contributed by atoms with E-state index in [1.807, 2.05) is 6.92 Å². The summed E-state index contributed by atoms with van der Waals surface area (Å²) in [5, 5.41) is 3.54. The van der Waals surface area contributed by atoms with Crippen LogP contribution in [0.15, 0.2) is 23.9 Å². The molecule has 0 spiro atoms. The van der Waals surface area contributed by atoms with Gasteiger partial charge in [-0.15, -0.1) is 12.3 Å². The van der Waals surface area contributed by atoms with Crippen LogP contribution in [0, 0.1) is 0 Å². The first-order valence-electron chi connectivity index (χ1n) is 2.33. The van der Waals surface area contributed by atoms with Crippen molar-refractivity contribution in [3.8, 4) is 0 Å². The van der Waals surface area contributed by atoms with Crippen LogP contribution in [-0.4, -0.2) is 5.91 Å². The van der Waals surface area contributed by atoms with Crippen LogP contribution < -0.4 is 0 Å². The Morgan fingerprint density at radius 3 is 2.33 bits per heavy atom.